The maximum Gasteiger partial charge on any atom is 0.193 e. The van der Waals surface area contributed by atoms with Gasteiger partial charge in [-0.05, 0) is 48.6 Å². The van der Waals surface area contributed by atoms with Gasteiger partial charge in [-0.15, -0.1) is 0 Å². The van der Waals surface area contributed by atoms with Crippen molar-refractivity contribution in [2.75, 3.05) is 33.9 Å². The molecule has 3 rings (SSSR count). The number of hydrogen-bond acceptors (Lipinski definition) is 2. The van der Waals surface area contributed by atoms with E-state index in [1.54, 1.807) is 19.2 Å². The Labute approximate surface area is 167 Å². The molecule has 2 aromatic carbocycles. The normalized spacial score (nSPS) is 16.6. The molecule has 1 aliphatic heterocycles. The SMILES string of the molecule is CN=C(NCC1(c2cccc(F)c2)CCOCC1)N(C)Cc1ccccc1C. The largest absolute Gasteiger partial charge is 0.381 e. The number of rotatable bonds is 5. The zero-order chi connectivity index (χ0) is 20.0. The first-order valence-electron chi connectivity index (χ1n) is 9.84. The zero-order valence-corrected chi connectivity index (χ0v) is 17.0. The van der Waals surface area contributed by atoms with Crippen molar-refractivity contribution in [3.05, 3.63) is 71.0 Å². The molecule has 28 heavy (non-hydrogen) atoms. The fourth-order valence-electron chi connectivity index (χ4n) is 3.90. The average Bonchev–Trinajstić information content (AvgIpc) is 2.71. The first-order valence-corrected chi connectivity index (χ1v) is 9.84. The summed E-state index contributed by atoms with van der Waals surface area (Å²) in [5.41, 5.74) is 3.42. The number of halogens is 1. The molecule has 1 aliphatic rings. The topological polar surface area (TPSA) is 36.9 Å². The van der Waals surface area contributed by atoms with Crippen LogP contribution in [0.1, 0.15) is 29.5 Å². The number of guanidine groups is 1. The highest BCUT2D eigenvalue weighted by Crippen LogP contribution is 2.34. The number of ether oxygens (including phenoxy) is 1. The van der Waals surface area contributed by atoms with Gasteiger partial charge in [0.1, 0.15) is 5.82 Å². The van der Waals surface area contributed by atoms with Crippen LogP contribution < -0.4 is 5.32 Å². The Balaban J connectivity index is 1.73. The number of aliphatic imine (C=N–C) groups is 1. The van der Waals surface area contributed by atoms with Gasteiger partial charge in [-0.25, -0.2) is 4.39 Å². The van der Waals surface area contributed by atoms with Crippen LogP contribution in [0.2, 0.25) is 0 Å². The van der Waals surface area contributed by atoms with Gasteiger partial charge in [0.25, 0.3) is 0 Å². The molecule has 1 N–H and O–H groups in total. The number of hydrogen-bond donors (Lipinski definition) is 1. The Hall–Kier alpha value is -2.40. The van der Waals surface area contributed by atoms with Crippen LogP contribution in [0.25, 0.3) is 0 Å². The van der Waals surface area contributed by atoms with Gasteiger partial charge in [-0.3, -0.25) is 4.99 Å². The van der Waals surface area contributed by atoms with Gasteiger partial charge in [0.2, 0.25) is 0 Å². The van der Waals surface area contributed by atoms with Crippen LogP contribution in [0.15, 0.2) is 53.5 Å². The molecule has 0 aliphatic carbocycles. The minimum Gasteiger partial charge on any atom is -0.381 e. The molecule has 0 aromatic heterocycles. The molecule has 1 fully saturated rings. The third-order valence-electron chi connectivity index (χ3n) is 5.71. The van der Waals surface area contributed by atoms with E-state index in [9.17, 15) is 4.39 Å². The maximum atomic E-state index is 13.9. The molecule has 0 atom stereocenters. The first kappa shape index (κ1) is 20.3. The molecular weight excluding hydrogens is 353 g/mol. The monoisotopic (exact) mass is 383 g/mol. The predicted molar refractivity (Wildman–Crippen MR) is 112 cm³/mol. The van der Waals surface area contributed by atoms with Gasteiger partial charge in [-0.2, -0.15) is 0 Å². The minimum atomic E-state index is -0.190. The molecule has 0 spiro atoms. The number of nitrogens with one attached hydrogen (secondary N) is 1. The molecule has 0 unspecified atom stereocenters. The highest BCUT2D eigenvalue weighted by atomic mass is 19.1. The summed E-state index contributed by atoms with van der Waals surface area (Å²) in [5.74, 6) is 0.648. The number of aryl methyl sites for hydroxylation is 1. The van der Waals surface area contributed by atoms with Crippen LogP contribution >= 0.6 is 0 Å². The standard InChI is InChI=1S/C23H30FN3O/c1-18-7-4-5-8-19(18)16-27(3)22(25-2)26-17-23(11-13-28-14-12-23)20-9-6-10-21(24)15-20/h4-10,15H,11-14,16-17H2,1-3H3,(H,25,26). The Kier molecular flexibility index (Phi) is 6.68. The summed E-state index contributed by atoms with van der Waals surface area (Å²) in [6.07, 6.45) is 1.73. The lowest BCUT2D eigenvalue weighted by Crippen LogP contribution is -2.48. The Morgan fingerprint density at radius 3 is 2.61 bits per heavy atom. The van der Waals surface area contributed by atoms with Gasteiger partial charge < -0.3 is 15.0 Å². The summed E-state index contributed by atoms with van der Waals surface area (Å²) >= 11 is 0. The van der Waals surface area contributed by atoms with Gasteiger partial charge in [0.15, 0.2) is 5.96 Å². The lowest BCUT2D eigenvalue weighted by Gasteiger charge is -2.39. The van der Waals surface area contributed by atoms with Crippen LogP contribution in [0.3, 0.4) is 0 Å². The molecule has 0 saturated carbocycles. The van der Waals surface area contributed by atoms with E-state index in [1.165, 1.54) is 17.2 Å². The minimum absolute atomic E-state index is 0.153. The first-order chi connectivity index (χ1) is 13.5. The van der Waals surface area contributed by atoms with Gasteiger partial charge in [0, 0.05) is 45.8 Å². The molecule has 1 heterocycles. The third-order valence-corrected chi connectivity index (χ3v) is 5.71. The van der Waals surface area contributed by atoms with Crippen molar-refractivity contribution in [1.82, 2.24) is 10.2 Å². The highest BCUT2D eigenvalue weighted by Gasteiger charge is 2.35. The van der Waals surface area contributed by atoms with E-state index >= 15 is 0 Å². The molecule has 4 nitrogen and oxygen atoms in total. The Bertz CT molecular complexity index is 815. The van der Waals surface area contributed by atoms with Crippen LogP contribution in [0.4, 0.5) is 4.39 Å². The fraction of sp³-hybridized carbons (Fsp3) is 0.435. The molecular formula is C23H30FN3O. The van der Waals surface area contributed by atoms with Crippen molar-refractivity contribution in [3.8, 4) is 0 Å². The summed E-state index contributed by atoms with van der Waals surface area (Å²) in [6, 6.07) is 15.4. The smallest absolute Gasteiger partial charge is 0.193 e. The van der Waals surface area contributed by atoms with Crippen LogP contribution in [-0.2, 0) is 16.7 Å². The van der Waals surface area contributed by atoms with Crippen LogP contribution in [-0.4, -0.2) is 44.7 Å². The second kappa shape index (κ2) is 9.20. The Morgan fingerprint density at radius 1 is 1.18 bits per heavy atom. The van der Waals surface area contributed by atoms with E-state index in [1.807, 2.05) is 13.1 Å². The summed E-state index contributed by atoms with van der Waals surface area (Å²) in [6.45, 7) is 4.99. The van der Waals surface area contributed by atoms with Crippen LogP contribution in [0.5, 0.6) is 0 Å². The summed E-state index contributed by atoms with van der Waals surface area (Å²) in [5, 5.41) is 3.54. The van der Waals surface area contributed by atoms with E-state index in [0.29, 0.717) is 19.8 Å². The molecule has 0 radical (unpaired) electrons. The highest BCUT2D eigenvalue weighted by molar-refractivity contribution is 5.79. The van der Waals surface area contributed by atoms with Crippen molar-refractivity contribution < 1.29 is 9.13 Å². The summed E-state index contributed by atoms with van der Waals surface area (Å²) < 4.78 is 19.5. The zero-order valence-electron chi connectivity index (χ0n) is 17.0. The van der Waals surface area contributed by atoms with E-state index in [0.717, 1.165) is 30.9 Å². The predicted octanol–water partition coefficient (Wildman–Crippen LogP) is 3.89. The van der Waals surface area contributed by atoms with E-state index in [2.05, 4.69) is 46.4 Å². The lowest BCUT2D eigenvalue weighted by molar-refractivity contribution is 0.0511. The third kappa shape index (κ3) is 4.71. The van der Waals surface area contributed by atoms with Gasteiger partial charge in [0.05, 0.1) is 0 Å². The molecule has 1 saturated heterocycles. The molecule has 150 valence electrons. The molecule has 2 aromatic rings. The maximum absolute atomic E-state index is 13.9. The molecule has 5 heteroatoms. The second-order valence-electron chi connectivity index (χ2n) is 7.59. The second-order valence-corrected chi connectivity index (χ2v) is 7.59. The van der Waals surface area contributed by atoms with Crippen molar-refractivity contribution in [3.63, 3.8) is 0 Å². The van der Waals surface area contributed by atoms with Crippen LogP contribution in [0, 0.1) is 12.7 Å². The molecule has 0 bridgehead atoms. The summed E-state index contributed by atoms with van der Waals surface area (Å²) in [4.78, 5) is 6.59. The lowest BCUT2D eigenvalue weighted by atomic mass is 9.74. The van der Waals surface area contributed by atoms with Gasteiger partial charge in [-0.1, -0.05) is 36.4 Å². The van der Waals surface area contributed by atoms with Crippen molar-refractivity contribution in [1.29, 1.82) is 0 Å². The number of nitrogens with zero attached hydrogens (tertiary/aromatic N) is 2. The molecule has 0 amide bonds. The van der Waals surface area contributed by atoms with Crippen molar-refractivity contribution in [2.24, 2.45) is 4.99 Å². The van der Waals surface area contributed by atoms with Gasteiger partial charge >= 0.3 is 0 Å². The van der Waals surface area contributed by atoms with Crippen molar-refractivity contribution >= 4 is 5.96 Å². The van der Waals surface area contributed by atoms with Crippen molar-refractivity contribution in [2.45, 2.75) is 31.7 Å². The van der Waals surface area contributed by atoms with E-state index in [4.69, 9.17) is 4.74 Å². The summed E-state index contributed by atoms with van der Waals surface area (Å²) in [7, 11) is 3.84. The average molecular weight is 384 g/mol. The fourth-order valence-corrected chi connectivity index (χ4v) is 3.90. The number of benzene rings is 2. The van der Waals surface area contributed by atoms with E-state index < -0.39 is 0 Å². The van der Waals surface area contributed by atoms with E-state index in [-0.39, 0.29) is 11.2 Å². The quantitative estimate of drug-likeness (QED) is 0.629. The Morgan fingerprint density at radius 2 is 1.93 bits per heavy atom.